The van der Waals surface area contributed by atoms with Gasteiger partial charge in [-0.1, -0.05) is 30.3 Å². The van der Waals surface area contributed by atoms with Crippen molar-refractivity contribution in [2.45, 2.75) is 6.54 Å². The van der Waals surface area contributed by atoms with Crippen molar-refractivity contribution in [2.24, 2.45) is 0 Å². The van der Waals surface area contributed by atoms with E-state index in [9.17, 15) is 10.1 Å². The van der Waals surface area contributed by atoms with Crippen molar-refractivity contribution in [3.05, 3.63) is 58.4 Å². The van der Waals surface area contributed by atoms with Gasteiger partial charge in [-0.2, -0.15) is 0 Å². The van der Waals surface area contributed by atoms with E-state index in [4.69, 9.17) is 0 Å². The van der Waals surface area contributed by atoms with Crippen LogP contribution in [0.5, 0.6) is 0 Å². The lowest BCUT2D eigenvalue weighted by Gasteiger charge is -2.11. The maximum absolute atomic E-state index is 10.0. The van der Waals surface area contributed by atoms with Crippen LogP contribution in [-0.2, 0) is 6.54 Å². The van der Waals surface area contributed by atoms with Gasteiger partial charge in [-0.3, -0.25) is 10.1 Å². The van der Waals surface area contributed by atoms with Gasteiger partial charge in [-0.15, -0.1) is 0 Å². The van der Waals surface area contributed by atoms with Gasteiger partial charge in [0.05, 0.1) is 11.1 Å². The Labute approximate surface area is 82.6 Å². The summed E-state index contributed by atoms with van der Waals surface area (Å²) in [6, 6.07) is 9.80. The first-order valence-corrected chi connectivity index (χ1v) is 4.24. The summed E-state index contributed by atoms with van der Waals surface area (Å²) in [6.45, 7) is 0.672. The molecule has 0 fully saturated rings. The highest BCUT2D eigenvalue weighted by Gasteiger charge is 1.95. The van der Waals surface area contributed by atoms with Gasteiger partial charge >= 0.3 is 0 Å². The maximum atomic E-state index is 10.0. The first kappa shape index (κ1) is 10.2. The Morgan fingerprint density at radius 1 is 1.43 bits per heavy atom. The predicted octanol–water partition coefficient (Wildman–Crippen LogP) is 1.87. The molecule has 0 heterocycles. The summed E-state index contributed by atoms with van der Waals surface area (Å²) in [5, 5.41) is 10.0. The van der Waals surface area contributed by atoms with E-state index in [1.54, 1.807) is 11.9 Å². The van der Waals surface area contributed by atoms with E-state index >= 15 is 0 Å². The fraction of sp³-hybridized carbons (Fsp3) is 0.200. The van der Waals surface area contributed by atoms with Crippen LogP contribution in [0.4, 0.5) is 0 Å². The molecule has 74 valence electrons. The fourth-order valence-electron chi connectivity index (χ4n) is 1.09. The predicted molar refractivity (Wildman–Crippen MR) is 54.0 cm³/mol. The van der Waals surface area contributed by atoms with Crippen molar-refractivity contribution >= 4 is 0 Å². The maximum Gasteiger partial charge on any atom is 0.250 e. The molecule has 4 nitrogen and oxygen atoms in total. The Hall–Kier alpha value is -1.84. The lowest BCUT2D eigenvalue weighted by atomic mass is 10.2. The largest absolute Gasteiger partial charge is 0.371 e. The number of benzene rings is 1. The van der Waals surface area contributed by atoms with Gasteiger partial charge in [0.2, 0.25) is 6.20 Å². The molecular formula is C10H12N2O2. The molecule has 0 saturated carbocycles. The normalized spacial score (nSPS) is 10.4. The van der Waals surface area contributed by atoms with E-state index in [1.165, 1.54) is 6.20 Å². The summed E-state index contributed by atoms with van der Waals surface area (Å²) in [5.74, 6) is 0. The zero-order valence-electron chi connectivity index (χ0n) is 7.96. The second-order valence-electron chi connectivity index (χ2n) is 2.98. The highest BCUT2D eigenvalue weighted by atomic mass is 16.6. The summed E-state index contributed by atoms with van der Waals surface area (Å²) in [7, 11) is 1.80. The molecule has 0 spiro atoms. The van der Waals surface area contributed by atoms with Crippen LogP contribution in [0, 0.1) is 10.1 Å². The topological polar surface area (TPSA) is 46.4 Å². The third-order valence-corrected chi connectivity index (χ3v) is 1.72. The van der Waals surface area contributed by atoms with Crippen molar-refractivity contribution < 1.29 is 4.92 Å². The van der Waals surface area contributed by atoms with Gasteiger partial charge in [-0.05, 0) is 5.56 Å². The molecule has 0 aliphatic carbocycles. The summed E-state index contributed by atoms with van der Waals surface area (Å²) in [6.07, 6.45) is 2.38. The number of nitro groups is 1. The van der Waals surface area contributed by atoms with Crippen molar-refractivity contribution in [3.8, 4) is 0 Å². The minimum atomic E-state index is -0.471. The molecule has 0 amide bonds. The van der Waals surface area contributed by atoms with E-state index in [-0.39, 0.29) is 0 Å². The molecule has 0 aromatic heterocycles. The SMILES string of the molecule is CN(C=C[N+](=O)[O-])Cc1ccccc1. The first-order chi connectivity index (χ1) is 6.68. The molecule has 0 saturated heterocycles. The molecule has 0 aliphatic rings. The van der Waals surface area contributed by atoms with Crippen LogP contribution >= 0.6 is 0 Å². The molecule has 0 bridgehead atoms. The standard InChI is InChI=1S/C10H12N2O2/c1-11(7-8-12(13)14)9-10-5-3-2-4-6-10/h2-8H,9H2,1H3. The highest BCUT2D eigenvalue weighted by molar-refractivity contribution is 5.14. The molecule has 1 rings (SSSR count). The van der Waals surface area contributed by atoms with Crippen molar-refractivity contribution in [1.82, 2.24) is 4.90 Å². The number of hydrogen-bond donors (Lipinski definition) is 0. The minimum Gasteiger partial charge on any atom is -0.371 e. The molecule has 0 radical (unpaired) electrons. The van der Waals surface area contributed by atoms with Gasteiger partial charge < -0.3 is 4.90 Å². The highest BCUT2D eigenvalue weighted by Crippen LogP contribution is 2.02. The second kappa shape index (κ2) is 5.01. The number of rotatable bonds is 4. The monoisotopic (exact) mass is 192 g/mol. The fourth-order valence-corrected chi connectivity index (χ4v) is 1.09. The van der Waals surface area contributed by atoms with Crippen LogP contribution in [0.3, 0.4) is 0 Å². The molecule has 0 aliphatic heterocycles. The van der Waals surface area contributed by atoms with E-state index in [1.807, 2.05) is 30.3 Å². The molecule has 0 N–H and O–H groups in total. The third-order valence-electron chi connectivity index (χ3n) is 1.72. The average Bonchev–Trinajstić information content (AvgIpc) is 2.16. The van der Waals surface area contributed by atoms with Crippen LogP contribution in [0.25, 0.3) is 0 Å². The molecule has 0 unspecified atom stereocenters. The molecule has 4 heteroatoms. The van der Waals surface area contributed by atoms with E-state index in [0.717, 1.165) is 11.8 Å². The summed E-state index contributed by atoms with van der Waals surface area (Å²) >= 11 is 0. The Balaban J connectivity index is 2.49. The molecule has 14 heavy (non-hydrogen) atoms. The Kier molecular flexibility index (Phi) is 3.67. The zero-order valence-corrected chi connectivity index (χ0v) is 7.96. The van der Waals surface area contributed by atoms with Crippen LogP contribution in [0.2, 0.25) is 0 Å². The average molecular weight is 192 g/mol. The number of nitrogens with zero attached hydrogens (tertiary/aromatic N) is 2. The third kappa shape index (κ3) is 3.71. The molecule has 0 atom stereocenters. The lowest BCUT2D eigenvalue weighted by Crippen LogP contribution is -2.10. The minimum absolute atomic E-state index is 0.471. The van der Waals surface area contributed by atoms with Gasteiger partial charge in [0.1, 0.15) is 0 Å². The van der Waals surface area contributed by atoms with Crippen molar-refractivity contribution in [2.75, 3.05) is 7.05 Å². The van der Waals surface area contributed by atoms with Gasteiger partial charge in [0.25, 0.3) is 0 Å². The van der Waals surface area contributed by atoms with Gasteiger partial charge in [-0.25, -0.2) is 0 Å². The van der Waals surface area contributed by atoms with E-state index in [2.05, 4.69) is 0 Å². The number of hydrogen-bond acceptors (Lipinski definition) is 3. The van der Waals surface area contributed by atoms with Crippen molar-refractivity contribution in [1.29, 1.82) is 0 Å². The second-order valence-corrected chi connectivity index (χ2v) is 2.98. The molecular weight excluding hydrogens is 180 g/mol. The molecule has 1 aromatic rings. The zero-order chi connectivity index (χ0) is 10.4. The Morgan fingerprint density at radius 2 is 2.07 bits per heavy atom. The summed E-state index contributed by atoms with van der Waals surface area (Å²) in [4.78, 5) is 11.3. The van der Waals surface area contributed by atoms with Gasteiger partial charge in [0, 0.05) is 13.6 Å². The lowest BCUT2D eigenvalue weighted by molar-refractivity contribution is -0.403. The quantitative estimate of drug-likeness (QED) is 0.540. The van der Waals surface area contributed by atoms with Crippen LogP contribution in [0.15, 0.2) is 42.7 Å². The molecule has 1 aromatic carbocycles. The van der Waals surface area contributed by atoms with Gasteiger partial charge in [0.15, 0.2) is 0 Å². The van der Waals surface area contributed by atoms with E-state index < -0.39 is 4.92 Å². The van der Waals surface area contributed by atoms with Crippen LogP contribution < -0.4 is 0 Å². The Bertz CT molecular complexity index is 322. The van der Waals surface area contributed by atoms with Crippen LogP contribution in [0.1, 0.15) is 5.56 Å². The Morgan fingerprint density at radius 3 is 2.64 bits per heavy atom. The summed E-state index contributed by atoms with van der Waals surface area (Å²) < 4.78 is 0. The van der Waals surface area contributed by atoms with Crippen molar-refractivity contribution in [3.63, 3.8) is 0 Å². The first-order valence-electron chi connectivity index (χ1n) is 4.24. The van der Waals surface area contributed by atoms with Crippen LogP contribution in [-0.4, -0.2) is 16.9 Å². The smallest absolute Gasteiger partial charge is 0.250 e. The summed E-state index contributed by atoms with van der Waals surface area (Å²) in [5.41, 5.74) is 1.13. The van der Waals surface area contributed by atoms with E-state index in [0.29, 0.717) is 6.54 Å².